The van der Waals surface area contributed by atoms with Gasteiger partial charge in [-0.2, -0.15) is 0 Å². The molecule has 4 nitrogen and oxygen atoms in total. The highest BCUT2D eigenvalue weighted by atomic mass is 32.2. The average molecular weight is 286 g/mol. The number of benzene rings is 1. The van der Waals surface area contributed by atoms with Crippen molar-refractivity contribution in [3.05, 3.63) is 29.6 Å². The van der Waals surface area contributed by atoms with Gasteiger partial charge < -0.3 is 5.32 Å². The van der Waals surface area contributed by atoms with E-state index in [0.29, 0.717) is 5.56 Å². The van der Waals surface area contributed by atoms with Gasteiger partial charge in [0.25, 0.3) is 0 Å². The summed E-state index contributed by atoms with van der Waals surface area (Å²) in [6.07, 6.45) is 1.76. The number of hydrogen-bond donors (Lipinski definition) is 2. The van der Waals surface area contributed by atoms with Crippen LogP contribution < -0.4 is 10.0 Å². The van der Waals surface area contributed by atoms with E-state index in [2.05, 4.69) is 10.0 Å². The van der Waals surface area contributed by atoms with E-state index in [9.17, 15) is 12.8 Å². The Morgan fingerprint density at radius 1 is 1.42 bits per heavy atom. The molecule has 106 valence electrons. The highest BCUT2D eigenvalue weighted by Gasteiger charge is 2.27. The molecule has 0 unspecified atom stereocenters. The first kappa shape index (κ1) is 14.4. The maximum absolute atomic E-state index is 13.0. The summed E-state index contributed by atoms with van der Waals surface area (Å²) in [4.78, 5) is 0.145. The van der Waals surface area contributed by atoms with Crippen molar-refractivity contribution in [1.82, 2.24) is 10.0 Å². The van der Waals surface area contributed by atoms with E-state index in [4.69, 9.17) is 0 Å². The van der Waals surface area contributed by atoms with Crippen LogP contribution in [0.5, 0.6) is 0 Å². The van der Waals surface area contributed by atoms with Gasteiger partial charge in [0.15, 0.2) is 0 Å². The summed E-state index contributed by atoms with van der Waals surface area (Å²) >= 11 is 0. The van der Waals surface area contributed by atoms with Crippen LogP contribution in [-0.2, 0) is 10.0 Å². The second kappa shape index (κ2) is 5.56. The highest BCUT2D eigenvalue weighted by Crippen LogP contribution is 2.18. The number of sulfonamides is 1. The third-order valence-electron chi connectivity index (χ3n) is 3.49. The molecule has 1 saturated heterocycles. The van der Waals surface area contributed by atoms with Gasteiger partial charge in [-0.15, -0.1) is 0 Å². The molecule has 0 radical (unpaired) electrons. The maximum atomic E-state index is 13.0. The lowest BCUT2D eigenvalue weighted by Gasteiger charge is -2.30. The van der Waals surface area contributed by atoms with Gasteiger partial charge >= 0.3 is 0 Å². The molecule has 6 heteroatoms. The second-order valence-corrected chi connectivity index (χ2v) is 6.71. The Kier molecular flexibility index (Phi) is 4.23. The van der Waals surface area contributed by atoms with E-state index in [0.717, 1.165) is 19.4 Å². The number of rotatable bonds is 3. The van der Waals surface area contributed by atoms with Crippen LogP contribution in [0.2, 0.25) is 0 Å². The number of aryl methyl sites for hydroxylation is 1. The minimum atomic E-state index is -3.60. The molecule has 1 heterocycles. The Morgan fingerprint density at radius 2 is 2.16 bits per heavy atom. The quantitative estimate of drug-likeness (QED) is 0.886. The number of hydrogen-bond acceptors (Lipinski definition) is 3. The molecular formula is C13H19FN2O2S. The zero-order valence-corrected chi connectivity index (χ0v) is 11.9. The van der Waals surface area contributed by atoms with Crippen LogP contribution >= 0.6 is 0 Å². The van der Waals surface area contributed by atoms with Gasteiger partial charge in [-0.05, 0) is 57.0 Å². The molecular weight excluding hydrogens is 267 g/mol. The molecule has 0 saturated carbocycles. The van der Waals surface area contributed by atoms with E-state index >= 15 is 0 Å². The summed E-state index contributed by atoms with van der Waals surface area (Å²) in [6, 6.07) is 3.70. The number of halogens is 1. The van der Waals surface area contributed by atoms with Crippen LogP contribution in [0.15, 0.2) is 23.1 Å². The first-order chi connectivity index (χ1) is 8.90. The Balaban J connectivity index is 2.22. The van der Waals surface area contributed by atoms with Gasteiger partial charge in [0.2, 0.25) is 10.0 Å². The largest absolute Gasteiger partial charge is 0.313 e. The summed E-state index contributed by atoms with van der Waals surface area (Å²) in [6.45, 7) is 4.47. The van der Waals surface area contributed by atoms with Crippen LogP contribution in [-0.4, -0.2) is 27.0 Å². The van der Waals surface area contributed by atoms with E-state index in [1.165, 1.54) is 18.2 Å². The zero-order valence-electron chi connectivity index (χ0n) is 11.1. The SMILES string of the molecule is Cc1cc(F)ccc1S(=O)(=O)N[C@@H]1CCCN[C@H]1C. The molecule has 1 aromatic carbocycles. The van der Waals surface area contributed by atoms with Gasteiger partial charge in [0.1, 0.15) is 5.82 Å². The van der Waals surface area contributed by atoms with E-state index in [1.807, 2.05) is 6.92 Å². The van der Waals surface area contributed by atoms with Gasteiger partial charge in [0.05, 0.1) is 4.90 Å². The van der Waals surface area contributed by atoms with Crippen molar-refractivity contribution in [3.63, 3.8) is 0 Å². The highest BCUT2D eigenvalue weighted by molar-refractivity contribution is 7.89. The third kappa shape index (κ3) is 3.32. The van der Waals surface area contributed by atoms with Crippen LogP contribution in [0.1, 0.15) is 25.3 Å². The van der Waals surface area contributed by atoms with Crippen molar-refractivity contribution in [2.24, 2.45) is 0 Å². The van der Waals surface area contributed by atoms with E-state index < -0.39 is 15.8 Å². The molecule has 1 aliphatic heterocycles. The standard InChI is InChI=1S/C13H19FN2O2S/c1-9-8-11(14)5-6-13(9)19(17,18)16-12-4-3-7-15-10(12)2/h5-6,8,10,12,15-16H,3-4,7H2,1-2H3/t10-,12+/m0/s1. The van der Waals surface area contributed by atoms with Crippen LogP contribution in [0, 0.1) is 12.7 Å². The molecule has 2 atom stereocenters. The van der Waals surface area contributed by atoms with E-state index in [-0.39, 0.29) is 17.0 Å². The summed E-state index contributed by atoms with van der Waals surface area (Å²) in [5.41, 5.74) is 0.420. The van der Waals surface area contributed by atoms with Crippen molar-refractivity contribution in [2.45, 2.75) is 43.7 Å². The van der Waals surface area contributed by atoms with Crippen LogP contribution in [0.4, 0.5) is 4.39 Å². The molecule has 2 rings (SSSR count). The minimum Gasteiger partial charge on any atom is -0.313 e. The molecule has 0 bridgehead atoms. The lowest BCUT2D eigenvalue weighted by Crippen LogP contribution is -2.51. The van der Waals surface area contributed by atoms with Gasteiger partial charge in [-0.1, -0.05) is 0 Å². The smallest absolute Gasteiger partial charge is 0.241 e. The molecule has 0 aromatic heterocycles. The lowest BCUT2D eigenvalue weighted by molar-refractivity contribution is 0.348. The fraction of sp³-hybridized carbons (Fsp3) is 0.538. The predicted molar refractivity (Wildman–Crippen MR) is 71.9 cm³/mol. The lowest BCUT2D eigenvalue weighted by atomic mass is 10.0. The summed E-state index contributed by atoms with van der Waals surface area (Å²) in [7, 11) is -3.60. The molecule has 0 spiro atoms. The Labute approximate surface area is 113 Å². The van der Waals surface area contributed by atoms with Crippen molar-refractivity contribution in [2.75, 3.05) is 6.54 Å². The van der Waals surface area contributed by atoms with Crippen LogP contribution in [0.3, 0.4) is 0 Å². The molecule has 0 aliphatic carbocycles. The summed E-state index contributed by atoms with van der Waals surface area (Å²) in [5, 5.41) is 3.24. The Morgan fingerprint density at radius 3 is 2.79 bits per heavy atom. The molecule has 1 fully saturated rings. The molecule has 0 amide bonds. The van der Waals surface area contributed by atoms with Crippen LogP contribution in [0.25, 0.3) is 0 Å². The van der Waals surface area contributed by atoms with Crippen molar-refractivity contribution in [3.8, 4) is 0 Å². The monoisotopic (exact) mass is 286 g/mol. The fourth-order valence-electron chi connectivity index (χ4n) is 2.38. The average Bonchev–Trinajstić information content (AvgIpc) is 2.31. The normalized spacial score (nSPS) is 24.4. The van der Waals surface area contributed by atoms with Gasteiger partial charge in [0, 0.05) is 12.1 Å². The summed E-state index contributed by atoms with van der Waals surface area (Å²) < 4.78 is 40.4. The van der Waals surface area contributed by atoms with Crippen molar-refractivity contribution in [1.29, 1.82) is 0 Å². The van der Waals surface area contributed by atoms with E-state index in [1.54, 1.807) is 6.92 Å². The number of nitrogens with one attached hydrogen (secondary N) is 2. The molecule has 19 heavy (non-hydrogen) atoms. The Bertz CT molecular complexity index is 560. The maximum Gasteiger partial charge on any atom is 0.241 e. The molecule has 1 aromatic rings. The molecule has 2 N–H and O–H groups in total. The third-order valence-corrected chi connectivity index (χ3v) is 5.14. The summed E-state index contributed by atoms with van der Waals surface area (Å²) in [5.74, 6) is -0.427. The van der Waals surface area contributed by atoms with Gasteiger partial charge in [-0.25, -0.2) is 17.5 Å². The second-order valence-electron chi connectivity index (χ2n) is 5.02. The van der Waals surface area contributed by atoms with Crippen molar-refractivity contribution >= 4 is 10.0 Å². The minimum absolute atomic E-state index is 0.101. The topological polar surface area (TPSA) is 58.2 Å². The zero-order chi connectivity index (χ0) is 14.0. The first-order valence-electron chi connectivity index (χ1n) is 6.42. The number of piperidine rings is 1. The fourth-order valence-corrected chi connectivity index (χ4v) is 3.96. The first-order valence-corrected chi connectivity index (χ1v) is 7.90. The predicted octanol–water partition coefficient (Wildman–Crippen LogP) is 1.55. The van der Waals surface area contributed by atoms with Gasteiger partial charge in [-0.3, -0.25) is 0 Å². The van der Waals surface area contributed by atoms with Crippen molar-refractivity contribution < 1.29 is 12.8 Å². The molecule has 1 aliphatic rings. The Hall–Kier alpha value is -0.980.